The number of rotatable bonds is 5. The molecule has 0 aromatic rings. The van der Waals surface area contributed by atoms with Crippen molar-refractivity contribution in [2.45, 2.75) is 23.6 Å². The van der Waals surface area contributed by atoms with E-state index >= 15 is 0 Å². The van der Waals surface area contributed by atoms with Gasteiger partial charge in [0.25, 0.3) is 0 Å². The molecule has 0 bridgehead atoms. The first-order valence-electron chi connectivity index (χ1n) is 3.47. The molecule has 0 unspecified atom stereocenters. The van der Waals surface area contributed by atoms with Crippen molar-refractivity contribution < 1.29 is 25.2 Å². The second kappa shape index (κ2) is 5.84. The van der Waals surface area contributed by atoms with E-state index < -0.39 is 35.3 Å². The van der Waals surface area contributed by atoms with Crippen LogP contribution in [0.2, 0.25) is 0 Å². The third-order valence-electron chi connectivity index (χ3n) is 1.51. The molecule has 0 fully saturated rings. The summed E-state index contributed by atoms with van der Waals surface area (Å²) >= 11 is 7.00. The minimum absolute atomic E-state index is 0.477. The van der Waals surface area contributed by atoms with Gasteiger partial charge in [0.2, 0.25) is 5.12 Å². The first-order chi connectivity index (χ1) is 5.91. The molecule has 13 heavy (non-hydrogen) atoms. The maximum atomic E-state index is 10.5. The lowest BCUT2D eigenvalue weighted by atomic mass is 10.1. The number of carbonyl (C=O) groups is 1. The summed E-state index contributed by atoms with van der Waals surface area (Å²) in [5.41, 5.74) is 0. The zero-order chi connectivity index (χ0) is 10.6. The second-order valence-electron chi connectivity index (χ2n) is 2.51. The largest absolute Gasteiger partial charge is 0.395 e. The van der Waals surface area contributed by atoms with Crippen molar-refractivity contribution >= 4 is 30.4 Å². The fourth-order valence-corrected chi connectivity index (χ4v) is 0.998. The Morgan fingerprint density at radius 2 is 1.69 bits per heavy atom. The normalized spacial score (nSPS) is 20.5. The van der Waals surface area contributed by atoms with Gasteiger partial charge in [0, 0.05) is 0 Å². The third kappa shape index (κ3) is 3.84. The minimum Gasteiger partial charge on any atom is -0.395 e. The number of thiol groups is 2. The van der Waals surface area contributed by atoms with Crippen molar-refractivity contribution in [2.75, 3.05) is 6.61 Å². The summed E-state index contributed by atoms with van der Waals surface area (Å²) in [6.45, 7) is -0.477. The summed E-state index contributed by atoms with van der Waals surface area (Å²) in [7, 11) is 0. The van der Waals surface area contributed by atoms with Gasteiger partial charge in [-0.1, -0.05) is 0 Å². The summed E-state index contributed by atoms with van der Waals surface area (Å²) < 4.78 is 0. The summed E-state index contributed by atoms with van der Waals surface area (Å²) in [5.74, 6) is 0. The number of hydrogen-bond donors (Lipinski definition) is 6. The Balaban J connectivity index is 4.24. The lowest BCUT2D eigenvalue weighted by molar-refractivity contribution is -0.129. The van der Waals surface area contributed by atoms with Gasteiger partial charge in [-0.2, -0.15) is 12.6 Å². The zero-order valence-electron chi connectivity index (χ0n) is 6.61. The van der Waals surface area contributed by atoms with E-state index in [0.717, 1.165) is 0 Å². The van der Waals surface area contributed by atoms with Crippen LogP contribution >= 0.6 is 25.3 Å². The predicted molar refractivity (Wildman–Crippen MR) is 51.9 cm³/mol. The van der Waals surface area contributed by atoms with Crippen LogP contribution in [0.25, 0.3) is 0 Å². The molecule has 0 aliphatic heterocycles. The monoisotopic (exact) mass is 228 g/mol. The Morgan fingerprint density at radius 3 is 2.00 bits per heavy atom. The summed E-state index contributed by atoms with van der Waals surface area (Å²) in [4.78, 5) is 10.5. The maximum Gasteiger partial charge on any atom is 0.217 e. The molecule has 4 atom stereocenters. The van der Waals surface area contributed by atoms with E-state index in [1.807, 2.05) is 0 Å². The molecule has 0 spiro atoms. The highest BCUT2D eigenvalue weighted by atomic mass is 32.1. The molecule has 0 aromatic carbocycles. The first-order valence-corrected chi connectivity index (χ1v) is 4.44. The minimum atomic E-state index is -1.78. The molecule has 0 aliphatic carbocycles. The smallest absolute Gasteiger partial charge is 0.217 e. The number of aliphatic hydroxyl groups is 4. The molecule has 7 heteroatoms. The Kier molecular flexibility index (Phi) is 5.93. The van der Waals surface area contributed by atoms with Crippen LogP contribution in [0.1, 0.15) is 0 Å². The molecular weight excluding hydrogens is 216 g/mol. The van der Waals surface area contributed by atoms with Crippen molar-refractivity contribution in [3.63, 3.8) is 0 Å². The highest BCUT2D eigenvalue weighted by Gasteiger charge is 2.31. The van der Waals surface area contributed by atoms with Crippen molar-refractivity contribution in [1.29, 1.82) is 0 Å². The average molecular weight is 228 g/mol. The lowest BCUT2D eigenvalue weighted by Gasteiger charge is -2.23. The molecule has 4 N–H and O–H groups in total. The Labute approximate surface area is 86.2 Å². The topological polar surface area (TPSA) is 98.0 Å². The second-order valence-corrected chi connectivity index (χ2v) is 3.62. The van der Waals surface area contributed by atoms with E-state index in [9.17, 15) is 9.90 Å². The van der Waals surface area contributed by atoms with Crippen molar-refractivity contribution in [3.05, 3.63) is 0 Å². The predicted octanol–water partition coefficient (Wildman–Crippen LogP) is -2.18. The van der Waals surface area contributed by atoms with Gasteiger partial charge < -0.3 is 20.4 Å². The van der Waals surface area contributed by atoms with E-state index in [-0.39, 0.29) is 0 Å². The van der Waals surface area contributed by atoms with Crippen molar-refractivity contribution in [3.8, 4) is 0 Å². The average Bonchev–Trinajstić information content (AvgIpc) is 2.12. The van der Waals surface area contributed by atoms with E-state index in [1.54, 1.807) is 0 Å². The van der Waals surface area contributed by atoms with E-state index in [2.05, 4.69) is 25.3 Å². The fraction of sp³-hybridized carbons (Fsp3) is 0.833. The van der Waals surface area contributed by atoms with Gasteiger partial charge >= 0.3 is 0 Å². The molecule has 0 saturated heterocycles. The molecule has 0 aliphatic rings. The molecule has 0 aromatic heterocycles. The fourth-order valence-electron chi connectivity index (χ4n) is 0.668. The standard InChI is InChI=1S/C6H12O5S2/c7-1-2(12)3(8)4(9)5(10)6(11)13/h2-5,7-10,12H,1H2,(H,11,13)/t2-,3-,4+,5-/m1/s1. The molecule has 0 saturated carbocycles. The first kappa shape index (κ1) is 13.2. The van der Waals surface area contributed by atoms with Gasteiger partial charge in [-0.25, -0.2) is 0 Å². The lowest BCUT2D eigenvalue weighted by Crippen LogP contribution is -2.46. The molecule has 0 rings (SSSR count). The number of aliphatic hydroxyl groups excluding tert-OH is 4. The Bertz CT molecular complexity index is 176. The van der Waals surface area contributed by atoms with Crippen molar-refractivity contribution in [1.82, 2.24) is 0 Å². The van der Waals surface area contributed by atoms with E-state index in [4.69, 9.17) is 15.3 Å². The summed E-state index contributed by atoms with van der Waals surface area (Å²) in [5, 5.41) is 33.9. The summed E-state index contributed by atoms with van der Waals surface area (Å²) in [6, 6.07) is 0. The third-order valence-corrected chi connectivity index (χ3v) is 2.24. The van der Waals surface area contributed by atoms with Crippen molar-refractivity contribution in [2.24, 2.45) is 0 Å². The van der Waals surface area contributed by atoms with Crippen LogP contribution in [0.3, 0.4) is 0 Å². The summed E-state index contributed by atoms with van der Waals surface area (Å²) in [6.07, 6.45) is -4.96. The van der Waals surface area contributed by atoms with E-state index in [0.29, 0.717) is 0 Å². The van der Waals surface area contributed by atoms with Gasteiger partial charge in [-0.3, -0.25) is 4.79 Å². The van der Waals surface area contributed by atoms with Gasteiger partial charge in [0.05, 0.1) is 18.0 Å². The molecule has 0 amide bonds. The van der Waals surface area contributed by atoms with Crippen LogP contribution < -0.4 is 0 Å². The SMILES string of the molecule is O=C(S)[C@H](O)[C@@H](O)[C@H](O)[C@H](S)CO. The van der Waals surface area contributed by atoms with Crippen LogP contribution in [0, 0.1) is 0 Å². The van der Waals surface area contributed by atoms with Crippen LogP contribution in [0.5, 0.6) is 0 Å². The quantitative estimate of drug-likeness (QED) is 0.301. The molecule has 5 nitrogen and oxygen atoms in total. The van der Waals surface area contributed by atoms with Crippen LogP contribution in [-0.4, -0.2) is 55.7 Å². The highest BCUT2D eigenvalue weighted by molar-refractivity contribution is 7.96. The van der Waals surface area contributed by atoms with Gasteiger partial charge in [0.15, 0.2) is 6.10 Å². The van der Waals surface area contributed by atoms with Gasteiger partial charge in [-0.15, -0.1) is 12.6 Å². The maximum absolute atomic E-state index is 10.5. The molecule has 78 valence electrons. The zero-order valence-corrected chi connectivity index (χ0v) is 8.40. The van der Waals surface area contributed by atoms with Gasteiger partial charge in [-0.05, 0) is 0 Å². The highest BCUT2D eigenvalue weighted by Crippen LogP contribution is 2.10. The Morgan fingerprint density at radius 1 is 1.23 bits per heavy atom. The number of carbonyl (C=O) groups excluding carboxylic acids is 1. The molecule has 0 radical (unpaired) electrons. The molecular formula is C6H12O5S2. The van der Waals surface area contributed by atoms with Gasteiger partial charge in [0.1, 0.15) is 6.10 Å². The number of hydrogen-bond acceptors (Lipinski definition) is 6. The van der Waals surface area contributed by atoms with Crippen LogP contribution in [-0.2, 0) is 4.79 Å². The van der Waals surface area contributed by atoms with E-state index in [1.165, 1.54) is 0 Å². The van der Waals surface area contributed by atoms with Crippen LogP contribution in [0.15, 0.2) is 0 Å². The van der Waals surface area contributed by atoms with Crippen LogP contribution in [0.4, 0.5) is 0 Å². The Hall–Kier alpha value is 0.210. The molecule has 0 heterocycles.